The van der Waals surface area contributed by atoms with Crippen molar-refractivity contribution >= 4 is 17.6 Å². The maximum atomic E-state index is 13.1. The van der Waals surface area contributed by atoms with Crippen LogP contribution in [0.3, 0.4) is 0 Å². The lowest BCUT2D eigenvalue weighted by atomic mass is 9.83. The first-order valence-electron chi connectivity index (χ1n) is 10.4. The molecule has 0 radical (unpaired) electrons. The molecule has 0 fully saturated rings. The van der Waals surface area contributed by atoms with E-state index in [0.29, 0.717) is 5.56 Å². The highest BCUT2D eigenvalue weighted by Crippen LogP contribution is 2.40. The first-order valence-corrected chi connectivity index (χ1v) is 10.4. The van der Waals surface area contributed by atoms with Crippen molar-refractivity contribution in [2.24, 2.45) is 0 Å². The molecule has 156 valence electrons. The normalized spacial score (nSPS) is 18.9. The van der Waals surface area contributed by atoms with Crippen molar-refractivity contribution in [2.45, 2.75) is 78.3 Å². The first-order chi connectivity index (χ1) is 13.6. The minimum Gasteiger partial charge on any atom is -0.340 e. The van der Waals surface area contributed by atoms with Gasteiger partial charge in [-0.3, -0.25) is 9.59 Å². The van der Waals surface area contributed by atoms with E-state index < -0.39 is 6.04 Å². The van der Waals surface area contributed by atoms with E-state index in [1.54, 1.807) is 6.07 Å². The van der Waals surface area contributed by atoms with Gasteiger partial charge in [-0.1, -0.05) is 37.5 Å². The number of nitrogens with zero attached hydrogens (tertiary/aromatic N) is 2. The van der Waals surface area contributed by atoms with E-state index in [9.17, 15) is 9.59 Å². The lowest BCUT2D eigenvalue weighted by molar-refractivity contribution is -0.119. The second kappa shape index (κ2) is 8.01. The molecule has 0 saturated heterocycles. The summed E-state index contributed by atoms with van der Waals surface area (Å²) in [6, 6.07) is 6.81. The Bertz CT molecular complexity index is 923. The zero-order chi connectivity index (χ0) is 21.3. The molecule has 6 nitrogen and oxygen atoms in total. The summed E-state index contributed by atoms with van der Waals surface area (Å²) in [5.41, 5.74) is 3.28. The van der Waals surface area contributed by atoms with Crippen LogP contribution in [0.2, 0.25) is 0 Å². The molecular formula is C23H32N4O2. The molecule has 1 aliphatic heterocycles. The van der Waals surface area contributed by atoms with Crippen molar-refractivity contribution < 1.29 is 9.59 Å². The number of aryl methyl sites for hydroxylation is 2. The second-order valence-electron chi connectivity index (χ2n) is 8.99. The molecule has 1 aromatic carbocycles. The predicted molar refractivity (Wildman–Crippen MR) is 115 cm³/mol. The van der Waals surface area contributed by atoms with Gasteiger partial charge >= 0.3 is 0 Å². The Balaban J connectivity index is 1.98. The second-order valence-corrected chi connectivity index (χ2v) is 8.99. The van der Waals surface area contributed by atoms with Gasteiger partial charge in [-0.05, 0) is 53.2 Å². The van der Waals surface area contributed by atoms with E-state index in [0.717, 1.165) is 41.9 Å². The Morgan fingerprint density at radius 2 is 2.00 bits per heavy atom. The highest BCUT2D eigenvalue weighted by Gasteiger charge is 2.41. The van der Waals surface area contributed by atoms with Gasteiger partial charge in [-0.25, -0.2) is 4.68 Å². The molecular weight excluding hydrogens is 364 g/mol. The summed E-state index contributed by atoms with van der Waals surface area (Å²) in [6.07, 6.45) is 2.83. The van der Waals surface area contributed by atoms with Gasteiger partial charge in [0.25, 0.3) is 5.91 Å². The molecule has 0 saturated carbocycles. The number of benzene rings is 1. The van der Waals surface area contributed by atoms with Crippen LogP contribution in [0.15, 0.2) is 24.3 Å². The quantitative estimate of drug-likeness (QED) is 0.792. The van der Waals surface area contributed by atoms with Crippen molar-refractivity contribution in [3.8, 4) is 0 Å². The summed E-state index contributed by atoms with van der Waals surface area (Å²) in [7, 11) is 0. The van der Waals surface area contributed by atoms with Gasteiger partial charge in [0.1, 0.15) is 11.9 Å². The van der Waals surface area contributed by atoms with Crippen molar-refractivity contribution in [1.82, 2.24) is 15.1 Å². The summed E-state index contributed by atoms with van der Waals surface area (Å²) in [5.74, 6) is 0.274. The number of hydrogen-bond acceptors (Lipinski definition) is 3. The van der Waals surface area contributed by atoms with E-state index in [2.05, 4.69) is 38.3 Å². The molecule has 0 spiro atoms. The third kappa shape index (κ3) is 4.21. The van der Waals surface area contributed by atoms with Crippen LogP contribution in [0.4, 0.5) is 5.82 Å². The molecule has 2 N–H and O–H groups in total. The maximum absolute atomic E-state index is 13.1. The molecule has 1 aliphatic rings. The van der Waals surface area contributed by atoms with Gasteiger partial charge in [-0.2, -0.15) is 5.10 Å². The molecule has 2 heterocycles. The van der Waals surface area contributed by atoms with E-state index in [-0.39, 0.29) is 23.3 Å². The van der Waals surface area contributed by atoms with Gasteiger partial charge in [0.05, 0.1) is 11.2 Å². The van der Waals surface area contributed by atoms with Crippen LogP contribution >= 0.6 is 0 Å². The van der Waals surface area contributed by atoms with Gasteiger partial charge < -0.3 is 10.6 Å². The highest BCUT2D eigenvalue weighted by atomic mass is 16.2. The fraction of sp³-hybridized carbons (Fsp3) is 0.522. The fourth-order valence-electron chi connectivity index (χ4n) is 4.04. The summed E-state index contributed by atoms with van der Waals surface area (Å²) in [4.78, 5) is 26.0. The van der Waals surface area contributed by atoms with Crippen LogP contribution in [0, 0.1) is 13.8 Å². The molecule has 2 aromatic rings. The third-order valence-electron chi connectivity index (χ3n) is 5.47. The molecule has 0 bridgehead atoms. The molecule has 1 aromatic heterocycles. The standard InChI is InChI=1S/C23H32N4O2/c1-7-8-12-17-18-15(3)26-27(23(4,5)6)20(18)25-22(29)19(17)24-21(28)16-11-9-10-14(2)13-16/h9-11,13,17,19H,7-8,12H2,1-6H3,(H,24,28)(H,25,29)/t17-,19-/m0/s1. The third-order valence-corrected chi connectivity index (χ3v) is 5.47. The molecule has 6 heteroatoms. The van der Waals surface area contributed by atoms with Crippen LogP contribution in [0.5, 0.6) is 0 Å². The maximum Gasteiger partial charge on any atom is 0.251 e. The van der Waals surface area contributed by atoms with Crippen molar-refractivity contribution in [3.05, 3.63) is 46.6 Å². The summed E-state index contributed by atoms with van der Waals surface area (Å²) < 4.78 is 1.90. The van der Waals surface area contributed by atoms with Gasteiger partial charge in [0.15, 0.2) is 0 Å². The number of rotatable bonds is 5. The number of amides is 2. The predicted octanol–water partition coefficient (Wildman–Crippen LogP) is 4.28. The van der Waals surface area contributed by atoms with E-state index >= 15 is 0 Å². The Hall–Kier alpha value is -2.63. The number of carbonyl (C=O) groups is 2. The summed E-state index contributed by atoms with van der Waals surface area (Å²) in [6.45, 7) is 12.3. The smallest absolute Gasteiger partial charge is 0.251 e. The monoisotopic (exact) mass is 396 g/mol. The molecule has 2 atom stereocenters. The van der Waals surface area contributed by atoms with Crippen LogP contribution in [-0.2, 0) is 10.3 Å². The number of fused-ring (bicyclic) bond motifs is 1. The van der Waals surface area contributed by atoms with Gasteiger partial charge in [0, 0.05) is 17.0 Å². The number of anilines is 1. The van der Waals surface area contributed by atoms with E-state index in [1.165, 1.54) is 0 Å². The minimum atomic E-state index is -0.613. The van der Waals surface area contributed by atoms with Crippen molar-refractivity contribution in [3.63, 3.8) is 0 Å². The molecule has 2 amide bonds. The van der Waals surface area contributed by atoms with Crippen LogP contribution in [0.25, 0.3) is 0 Å². The SMILES string of the molecule is CCCC[C@H]1c2c(C)nn(C(C)(C)C)c2NC(=O)[C@H]1NC(=O)c1cccc(C)c1. The molecule has 29 heavy (non-hydrogen) atoms. The Morgan fingerprint density at radius 1 is 1.28 bits per heavy atom. The fourth-order valence-corrected chi connectivity index (χ4v) is 4.04. The number of hydrogen-bond donors (Lipinski definition) is 2. The van der Waals surface area contributed by atoms with Gasteiger partial charge in [0.2, 0.25) is 5.91 Å². The average molecular weight is 397 g/mol. The van der Waals surface area contributed by atoms with E-state index in [1.807, 2.05) is 36.7 Å². The first kappa shape index (κ1) is 21.1. The van der Waals surface area contributed by atoms with E-state index in [4.69, 9.17) is 5.10 Å². The number of nitrogens with one attached hydrogen (secondary N) is 2. The van der Waals surface area contributed by atoms with Crippen molar-refractivity contribution in [2.75, 3.05) is 5.32 Å². The van der Waals surface area contributed by atoms with Crippen LogP contribution in [-0.4, -0.2) is 27.6 Å². The molecule has 0 unspecified atom stereocenters. The molecule has 0 aliphatic carbocycles. The van der Waals surface area contributed by atoms with Crippen LogP contribution in [0.1, 0.15) is 80.1 Å². The summed E-state index contributed by atoms with van der Waals surface area (Å²) >= 11 is 0. The highest BCUT2D eigenvalue weighted by molar-refractivity contribution is 6.03. The molecule has 3 rings (SSSR count). The number of carbonyl (C=O) groups excluding carboxylic acids is 2. The lowest BCUT2D eigenvalue weighted by Crippen LogP contribution is -2.50. The Morgan fingerprint density at radius 3 is 2.62 bits per heavy atom. The lowest BCUT2D eigenvalue weighted by Gasteiger charge is -2.34. The number of aromatic nitrogens is 2. The van der Waals surface area contributed by atoms with Crippen molar-refractivity contribution in [1.29, 1.82) is 0 Å². The van der Waals surface area contributed by atoms with Gasteiger partial charge in [-0.15, -0.1) is 0 Å². The zero-order valence-corrected chi connectivity index (χ0v) is 18.3. The largest absolute Gasteiger partial charge is 0.340 e. The van der Waals surface area contributed by atoms with Crippen LogP contribution < -0.4 is 10.6 Å². The average Bonchev–Trinajstić information content (AvgIpc) is 2.98. The zero-order valence-electron chi connectivity index (χ0n) is 18.3. The minimum absolute atomic E-state index is 0.0939. The number of unbranched alkanes of at least 4 members (excludes halogenated alkanes) is 1. The summed E-state index contributed by atoms with van der Waals surface area (Å²) in [5, 5.41) is 10.8. The topological polar surface area (TPSA) is 76.0 Å². The Labute approximate surface area is 173 Å². The Kier molecular flexibility index (Phi) is 5.82.